The average Bonchev–Trinajstić information content (AvgIpc) is 3.32. The highest BCUT2D eigenvalue weighted by Gasteiger charge is 2.29. The Bertz CT molecular complexity index is 1350. The van der Waals surface area contributed by atoms with E-state index in [-0.39, 0.29) is 17.1 Å². The predicted octanol–water partition coefficient (Wildman–Crippen LogP) is 5.08. The number of aryl methyl sites for hydroxylation is 2. The molecule has 1 N–H and O–H groups in total. The standard InChI is InChI=1S/C28H36N6O/c1-7-24(26-30-31-32-34(26)28(4,5)6)33(16-15-21-11-9-8-10-12-21)18-22-17-23-19(2)13-14-20(3)25(23)29-27(22)35/h8-14,17,24H,7,15-16,18H2,1-6H3,(H,29,35)/t24-/m0/s1. The summed E-state index contributed by atoms with van der Waals surface area (Å²) in [7, 11) is 0. The van der Waals surface area contributed by atoms with Gasteiger partial charge in [-0.15, -0.1) is 5.10 Å². The van der Waals surface area contributed by atoms with Crippen LogP contribution in [0.1, 0.15) is 68.2 Å². The van der Waals surface area contributed by atoms with Crippen molar-refractivity contribution in [2.45, 2.75) is 72.5 Å². The van der Waals surface area contributed by atoms with E-state index < -0.39 is 0 Å². The second-order valence-corrected chi connectivity index (χ2v) is 10.4. The molecule has 4 rings (SSSR count). The molecule has 0 aliphatic carbocycles. The maximum absolute atomic E-state index is 13.2. The van der Waals surface area contributed by atoms with Gasteiger partial charge in [0.15, 0.2) is 5.82 Å². The number of tetrazole rings is 1. The van der Waals surface area contributed by atoms with Gasteiger partial charge in [0.2, 0.25) is 0 Å². The summed E-state index contributed by atoms with van der Waals surface area (Å²) in [6, 6.07) is 16.7. The van der Waals surface area contributed by atoms with Crippen LogP contribution in [0.25, 0.3) is 10.9 Å². The molecule has 0 unspecified atom stereocenters. The van der Waals surface area contributed by atoms with Gasteiger partial charge in [0, 0.05) is 24.0 Å². The summed E-state index contributed by atoms with van der Waals surface area (Å²) in [4.78, 5) is 18.7. The number of aromatic amines is 1. The molecule has 35 heavy (non-hydrogen) atoms. The third-order valence-corrected chi connectivity index (χ3v) is 6.68. The minimum atomic E-state index is -0.244. The molecular formula is C28H36N6O. The molecular weight excluding hydrogens is 436 g/mol. The fourth-order valence-electron chi connectivity index (χ4n) is 4.70. The number of aromatic nitrogens is 5. The van der Waals surface area contributed by atoms with Gasteiger partial charge in [0.05, 0.1) is 17.1 Å². The summed E-state index contributed by atoms with van der Waals surface area (Å²) in [6.45, 7) is 13.9. The maximum atomic E-state index is 13.2. The molecule has 4 aromatic rings. The largest absolute Gasteiger partial charge is 0.321 e. The highest BCUT2D eigenvalue weighted by Crippen LogP contribution is 2.28. The molecule has 184 valence electrons. The number of fused-ring (bicyclic) bond motifs is 1. The SMILES string of the molecule is CC[C@@H](c1nnnn1C(C)(C)C)N(CCc1ccccc1)Cc1cc2c(C)ccc(C)c2[nH]c1=O. The minimum Gasteiger partial charge on any atom is -0.321 e. The van der Waals surface area contributed by atoms with Crippen LogP contribution >= 0.6 is 0 Å². The van der Waals surface area contributed by atoms with Crippen LogP contribution in [-0.4, -0.2) is 36.6 Å². The Kier molecular flexibility index (Phi) is 7.17. The Morgan fingerprint density at radius 3 is 2.46 bits per heavy atom. The van der Waals surface area contributed by atoms with Crippen LogP contribution in [-0.2, 0) is 18.5 Å². The topological polar surface area (TPSA) is 79.7 Å². The first kappa shape index (κ1) is 24.8. The van der Waals surface area contributed by atoms with Crippen LogP contribution in [0.15, 0.2) is 53.3 Å². The predicted molar refractivity (Wildman–Crippen MR) is 140 cm³/mol. The molecule has 7 heteroatoms. The lowest BCUT2D eigenvalue weighted by atomic mass is 10.0. The van der Waals surface area contributed by atoms with E-state index in [2.05, 4.69) is 102 Å². The molecule has 0 amide bonds. The summed E-state index contributed by atoms with van der Waals surface area (Å²) in [5.74, 6) is 0.831. The maximum Gasteiger partial charge on any atom is 0.252 e. The molecule has 7 nitrogen and oxygen atoms in total. The van der Waals surface area contributed by atoms with Crippen molar-refractivity contribution in [3.63, 3.8) is 0 Å². The molecule has 0 aliphatic rings. The molecule has 0 radical (unpaired) electrons. The van der Waals surface area contributed by atoms with Crippen molar-refractivity contribution < 1.29 is 0 Å². The normalized spacial score (nSPS) is 13.0. The zero-order valence-corrected chi connectivity index (χ0v) is 21.7. The zero-order chi connectivity index (χ0) is 25.2. The van der Waals surface area contributed by atoms with Gasteiger partial charge in [0.1, 0.15) is 0 Å². The van der Waals surface area contributed by atoms with Crippen molar-refractivity contribution >= 4 is 10.9 Å². The monoisotopic (exact) mass is 472 g/mol. The lowest BCUT2D eigenvalue weighted by molar-refractivity contribution is 0.163. The lowest BCUT2D eigenvalue weighted by Gasteiger charge is -2.32. The first-order chi connectivity index (χ1) is 16.7. The summed E-state index contributed by atoms with van der Waals surface area (Å²) in [6.07, 6.45) is 1.70. The Hall–Kier alpha value is -3.32. The van der Waals surface area contributed by atoms with Gasteiger partial charge in [-0.2, -0.15) is 0 Å². The zero-order valence-electron chi connectivity index (χ0n) is 21.7. The van der Waals surface area contributed by atoms with E-state index in [1.165, 1.54) is 5.56 Å². The van der Waals surface area contributed by atoms with Crippen LogP contribution in [0.5, 0.6) is 0 Å². The van der Waals surface area contributed by atoms with Gasteiger partial charge in [-0.1, -0.05) is 49.4 Å². The van der Waals surface area contributed by atoms with Crippen LogP contribution < -0.4 is 5.56 Å². The number of benzene rings is 2. The molecule has 0 aliphatic heterocycles. The van der Waals surface area contributed by atoms with Crippen molar-refractivity contribution in [1.82, 2.24) is 30.1 Å². The summed E-state index contributed by atoms with van der Waals surface area (Å²) in [5.41, 5.74) is 4.88. The second kappa shape index (κ2) is 10.1. The smallest absolute Gasteiger partial charge is 0.252 e. The lowest BCUT2D eigenvalue weighted by Crippen LogP contribution is -2.36. The molecule has 0 saturated carbocycles. The third-order valence-electron chi connectivity index (χ3n) is 6.68. The average molecular weight is 473 g/mol. The molecule has 1 atom stereocenters. The molecule has 2 aromatic carbocycles. The van der Waals surface area contributed by atoms with Crippen molar-refractivity contribution in [3.05, 3.63) is 87.0 Å². The van der Waals surface area contributed by atoms with Gasteiger partial charge in [0.25, 0.3) is 5.56 Å². The highest BCUT2D eigenvalue weighted by atomic mass is 16.1. The number of nitrogens with one attached hydrogen (secondary N) is 1. The number of hydrogen-bond acceptors (Lipinski definition) is 5. The van der Waals surface area contributed by atoms with Crippen molar-refractivity contribution in [2.24, 2.45) is 0 Å². The number of H-pyrrole nitrogens is 1. The summed E-state index contributed by atoms with van der Waals surface area (Å²) < 4.78 is 1.91. The van der Waals surface area contributed by atoms with E-state index in [0.717, 1.165) is 52.8 Å². The molecule has 0 fully saturated rings. The van der Waals surface area contributed by atoms with Gasteiger partial charge in [-0.05, 0) is 80.6 Å². The van der Waals surface area contributed by atoms with Gasteiger partial charge in [-0.3, -0.25) is 9.69 Å². The second-order valence-electron chi connectivity index (χ2n) is 10.4. The quantitative estimate of drug-likeness (QED) is 0.387. The van der Waals surface area contributed by atoms with Gasteiger partial charge in [-0.25, -0.2) is 4.68 Å². The fraction of sp³-hybridized carbons (Fsp3) is 0.429. The Labute approximate surface area is 207 Å². The number of nitrogens with zero attached hydrogens (tertiary/aromatic N) is 5. The fourth-order valence-corrected chi connectivity index (χ4v) is 4.70. The van der Waals surface area contributed by atoms with E-state index >= 15 is 0 Å². The molecule has 2 heterocycles. The summed E-state index contributed by atoms with van der Waals surface area (Å²) >= 11 is 0. The van der Waals surface area contributed by atoms with E-state index in [4.69, 9.17) is 0 Å². The van der Waals surface area contributed by atoms with Crippen molar-refractivity contribution in [3.8, 4) is 0 Å². The third kappa shape index (κ3) is 5.35. The first-order valence-corrected chi connectivity index (χ1v) is 12.4. The van der Waals surface area contributed by atoms with E-state index in [1.807, 2.05) is 17.7 Å². The first-order valence-electron chi connectivity index (χ1n) is 12.4. The van der Waals surface area contributed by atoms with E-state index in [1.54, 1.807) is 0 Å². The van der Waals surface area contributed by atoms with Crippen LogP contribution in [0.3, 0.4) is 0 Å². The number of rotatable bonds is 8. The van der Waals surface area contributed by atoms with Crippen LogP contribution in [0.2, 0.25) is 0 Å². The van der Waals surface area contributed by atoms with Gasteiger partial charge < -0.3 is 4.98 Å². The Morgan fingerprint density at radius 1 is 1.06 bits per heavy atom. The van der Waals surface area contributed by atoms with Crippen molar-refractivity contribution in [1.29, 1.82) is 0 Å². The molecule has 0 spiro atoms. The molecule has 0 saturated heterocycles. The Balaban J connectivity index is 1.75. The number of pyridine rings is 1. The van der Waals surface area contributed by atoms with E-state index in [0.29, 0.717) is 6.54 Å². The molecule has 2 aromatic heterocycles. The van der Waals surface area contributed by atoms with Gasteiger partial charge >= 0.3 is 0 Å². The number of hydrogen-bond donors (Lipinski definition) is 1. The van der Waals surface area contributed by atoms with Crippen LogP contribution in [0, 0.1) is 13.8 Å². The van der Waals surface area contributed by atoms with E-state index in [9.17, 15) is 4.79 Å². The summed E-state index contributed by atoms with van der Waals surface area (Å²) in [5, 5.41) is 13.9. The van der Waals surface area contributed by atoms with Crippen LogP contribution in [0.4, 0.5) is 0 Å². The highest BCUT2D eigenvalue weighted by molar-refractivity contribution is 5.85. The minimum absolute atomic E-state index is 0.0263. The Morgan fingerprint density at radius 2 is 1.77 bits per heavy atom. The van der Waals surface area contributed by atoms with Crippen molar-refractivity contribution in [2.75, 3.05) is 6.54 Å². The molecule has 0 bridgehead atoms.